The van der Waals surface area contributed by atoms with Gasteiger partial charge in [0.15, 0.2) is 17.3 Å². The molecule has 0 spiro atoms. The summed E-state index contributed by atoms with van der Waals surface area (Å²) in [6.07, 6.45) is -1.12. The molecular weight excluding hydrogens is 392 g/mol. The summed E-state index contributed by atoms with van der Waals surface area (Å²) in [6, 6.07) is 0. The Morgan fingerprint density at radius 2 is 1.93 bits per heavy atom. The highest BCUT2D eigenvalue weighted by atomic mass is 16.7. The lowest BCUT2D eigenvalue weighted by atomic mass is 10.0. The number of aromatic nitrogens is 4. The molecule has 29 heavy (non-hydrogen) atoms. The van der Waals surface area contributed by atoms with Gasteiger partial charge in [0.1, 0.15) is 25.6 Å². The Hall–Kier alpha value is -3.48. The van der Waals surface area contributed by atoms with E-state index in [1.807, 2.05) is 4.98 Å². The van der Waals surface area contributed by atoms with Crippen LogP contribution in [0.2, 0.25) is 0 Å². The first-order valence-electron chi connectivity index (χ1n) is 8.46. The molecule has 2 N–H and O–H groups in total. The van der Waals surface area contributed by atoms with Crippen LogP contribution >= 0.6 is 0 Å². The molecule has 2 aromatic heterocycles. The van der Waals surface area contributed by atoms with Gasteiger partial charge < -0.3 is 18.9 Å². The highest BCUT2D eigenvalue weighted by molar-refractivity contribution is 5.71. The van der Waals surface area contributed by atoms with Gasteiger partial charge in [0.25, 0.3) is 11.3 Å². The Labute approximate surface area is 161 Å². The van der Waals surface area contributed by atoms with E-state index < -0.39 is 47.1 Å². The number of aromatic amines is 2. The van der Waals surface area contributed by atoms with Crippen molar-refractivity contribution in [2.75, 3.05) is 13.2 Å². The summed E-state index contributed by atoms with van der Waals surface area (Å²) in [7, 11) is 0. The van der Waals surface area contributed by atoms with Crippen LogP contribution in [-0.2, 0) is 39.1 Å². The summed E-state index contributed by atoms with van der Waals surface area (Å²) in [5, 5.41) is 0. The average molecular weight is 410 g/mol. The van der Waals surface area contributed by atoms with Gasteiger partial charge in [0, 0.05) is 20.8 Å². The van der Waals surface area contributed by atoms with Gasteiger partial charge >= 0.3 is 23.6 Å². The predicted molar refractivity (Wildman–Crippen MR) is 92.6 cm³/mol. The molecule has 156 valence electrons. The molecule has 2 aromatic rings. The van der Waals surface area contributed by atoms with Crippen molar-refractivity contribution in [1.29, 1.82) is 0 Å². The van der Waals surface area contributed by atoms with Gasteiger partial charge in [-0.25, -0.2) is 9.78 Å². The van der Waals surface area contributed by atoms with Crippen molar-refractivity contribution in [2.45, 2.75) is 38.7 Å². The number of carbonyl (C=O) groups is 3. The minimum Gasteiger partial charge on any atom is -0.463 e. The van der Waals surface area contributed by atoms with Gasteiger partial charge in [-0.05, 0) is 0 Å². The zero-order valence-electron chi connectivity index (χ0n) is 15.7. The molecule has 3 atom stereocenters. The minimum absolute atomic E-state index is 0.0751. The van der Waals surface area contributed by atoms with E-state index in [1.54, 1.807) is 0 Å². The number of hydrogen-bond donors (Lipinski definition) is 2. The number of fused-ring (bicyclic) bond motifs is 1. The summed E-state index contributed by atoms with van der Waals surface area (Å²) < 4.78 is 22.6. The topological polar surface area (TPSA) is 172 Å². The number of ether oxygens (including phenoxy) is 4. The van der Waals surface area contributed by atoms with Crippen molar-refractivity contribution in [3.05, 3.63) is 27.2 Å². The van der Waals surface area contributed by atoms with Gasteiger partial charge in [0.2, 0.25) is 0 Å². The van der Waals surface area contributed by atoms with Crippen LogP contribution in [0.15, 0.2) is 15.9 Å². The molecule has 0 saturated carbocycles. The smallest absolute Gasteiger partial charge is 0.327 e. The largest absolute Gasteiger partial charge is 0.463 e. The molecule has 13 heteroatoms. The van der Waals surface area contributed by atoms with E-state index in [4.69, 9.17) is 18.9 Å². The standard InChI is InChI=1S/C16H18N4O9/c1-7(21)26-4-10-12(28-8(2)22)16(5-27-10,29-9(3)23)20-6-17-11-13(20)18-15(25)19-14(11)24/h6,10,12H,4-5H2,1-3H3,(H2,18,19,24,25)/t10-,12-,16+/m0/s1. The maximum absolute atomic E-state index is 12.0. The zero-order chi connectivity index (χ0) is 21.3. The van der Waals surface area contributed by atoms with Crippen LogP contribution in [0, 0.1) is 0 Å². The number of rotatable bonds is 5. The molecule has 0 unspecified atom stereocenters. The van der Waals surface area contributed by atoms with Crippen LogP contribution < -0.4 is 11.2 Å². The highest BCUT2D eigenvalue weighted by Gasteiger charge is 2.58. The van der Waals surface area contributed by atoms with Gasteiger partial charge in [-0.1, -0.05) is 0 Å². The van der Waals surface area contributed by atoms with Gasteiger partial charge in [-0.2, -0.15) is 0 Å². The number of nitrogens with zero attached hydrogens (tertiary/aromatic N) is 2. The number of H-pyrrole nitrogens is 2. The van der Waals surface area contributed by atoms with Gasteiger partial charge in [-0.15, -0.1) is 0 Å². The molecule has 0 amide bonds. The van der Waals surface area contributed by atoms with Crippen LogP contribution in [0.4, 0.5) is 0 Å². The summed E-state index contributed by atoms with van der Waals surface area (Å²) >= 11 is 0. The van der Waals surface area contributed by atoms with Crippen molar-refractivity contribution in [3.63, 3.8) is 0 Å². The maximum atomic E-state index is 12.0. The fourth-order valence-electron chi connectivity index (χ4n) is 3.18. The lowest BCUT2D eigenvalue weighted by molar-refractivity contribution is -0.196. The highest BCUT2D eigenvalue weighted by Crippen LogP contribution is 2.37. The zero-order valence-corrected chi connectivity index (χ0v) is 15.7. The molecular formula is C16H18N4O9. The van der Waals surface area contributed by atoms with E-state index in [9.17, 15) is 24.0 Å². The van der Waals surface area contributed by atoms with Crippen LogP contribution in [0.1, 0.15) is 20.8 Å². The Kier molecular flexibility index (Phi) is 5.24. The molecule has 1 aliphatic rings. The molecule has 1 fully saturated rings. The number of carbonyl (C=O) groups excluding carboxylic acids is 3. The van der Waals surface area contributed by atoms with E-state index in [0.717, 1.165) is 20.2 Å². The Morgan fingerprint density at radius 3 is 2.55 bits per heavy atom. The van der Waals surface area contributed by atoms with Gasteiger partial charge in [0.05, 0.1) is 0 Å². The third-order valence-corrected chi connectivity index (χ3v) is 4.20. The van der Waals surface area contributed by atoms with Gasteiger partial charge in [-0.3, -0.25) is 33.7 Å². The molecule has 1 aliphatic heterocycles. The van der Waals surface area contributed by atoms with Crippen molar-refractivity contribution >= 4 is 29.1 Å². The Morgan fingerprint density at radius 1 is 1.21 bits per heavy atom. The summed E-state index contributed by atoms with van der Waals surface area (Å²) in [5.74, 6) is -2.07. The molecule has 0 bridgehead atoms. The van der Waals surface area contributed by atoms with Crippen molar-refractivity contribution < 1.29 is 33.3 Å². The molecule has 1 saturated heterocycles. The van der Waals surface area contributed by atoms with E-state index in [-0.39, 0.29) is 24.4 Å². The SMILES string of the molecule is CC(=O)OC[C@@H]1OC[C@](OC(C)=O)(n2cnc3c(=O)[nH]c(=O)[nH]c32)[C@H]1OC(C)=O. The van der Waals surface area contributed by atoms with Crippen LogP contribution in [0.3, 0.4) is 0 Å². The number of esters is 3. The first-order chi connectivity index (χ1) is 13.6. The second-order valence-corrected chi connectivity index (χ2v) is 6.34. The van der Waals surface area contributed by atoms with Crippen molar-refractivity contribution in [3.8, 4) is 0 Å². The molecule has 3 heterocycles. The first-order valence-corrected chi connectivity index (χ1v) is 8.46. The molecule has 0 aliphatic carbocycles. The molecule has 3 rings (SSSR count). The fraction of sp³-hybridized carbons (Fsp3) is 0.500. The van der Waals surface area contributed by atoms with E-state index in [0.29, 0.717) is 0 Å². The Balaban J connectivity index is 2.18. The lowest BCUT2D eigenvalue weighted by Crippen LogP contribution is -2.52. The monoisotopic (exact) mass is 410 g/mol. The molecule has 0 aromatic carbocycles. The predicted octanol–water partition coefficient (Wildman–Crippen LogP) is -1.48. The number of imidazole rings is 1. The molecule has 13 nitrogen and oxygen atoms in total. The van der Waals surface area contributed by atoms with Crippen molar-refractivity contribution in [2.24, 2.45) is 0 Å². The van der Waals surface area contributed by atoms with Crippen molar-refractivity contribution in [1.82, 2.24) is 19.5 Å². The van der Waals surface area contributed by atoms with E-state index >= 15 is 0 Å². The molecule has 0 radical (unpaired) electrons. The van der Waals surface area contributed by atoms with Crippen LogP contribution in [0.5, 0.6) is 0 Å². The first kappa shape index (κ1) is 20.3. The Bertz CT molecular complexity index is 1080. The lowest BCUT2D eigenvalue weighted by Gasteiger charge is -2.34. The van der Waals surface area contributed by atoms with E-state index in [1.165, 1.54) is 11.5 Å². The normalized spacial score (nSPS) is 23.7. The van der Waals surface area contributed by atoms with Crippen LogP contribution in [-0.4, -0.2) is 62.8 Å². The quantitative estimate of drug-likeness (QED) is 0.437. The third kappa shape index (κ3) is 3.76. The minimum atomic E-state index is -1.81. The number of nitrogens with one attached hydrogen (secondary N) is 2. The third-order valence-electron chi connectivity index (χ3n) is 4.20. The second-order valence-electron chi connectivity index (χ2n) is 6.34. The second kappa shape index (κ2) is 7.50. The van der Waals surface area contributed by atoms with E-state index in [2.05, 4.69) is 9.97 Å². The maximum Gasteiger partial charge on any atom is 0.327 e. The average Bonchev–Trinajstić information content (AvgIpc) is 3.15. The summed E-state index contributed by atoms with van der Waals surface area (Å²) in [4.78, 5) is 67.0. The number of hydrogen-bond acceptors (Lipinski definition) is 10. The van der Waals surface area contributed by atoms with Crippen LogP contribution in [0.25, 0.3) is 11.2 Å². The summed E-state index contributed by atoms with van der Waals surface area (Å²) in [6.45, 7) is 2.82. The fourth-order valence-corrected chi connectivity index (χ4v) is 3.18. The summed E-state index contributed by atoms with van der Waals surface area (Å²) in [5.41, 5.74) is -3.61.